The molecular formula is C25H32F3N3O4S. The molecule has 0 aliphatic rings. The monoisotopic (exact) mass is 527 g/mol. The number of carbonyl (C=O) groups is 2. The van der Waals surface area contributed by atoms with E-state index in [-0.39, 0.29) is 12.2 Å². The number of rotatable bonds is 9. The Balaban J connectivity index is 2.39. The minimum absolute atomic E-state index is 0.0990. The highest BCUT2D eigenvalue weighted by Crippen LogP contribution is 2.32. The Kier molecular flexibility index (Phi) is 9.17. The molecule has 0 bridgehead atoms. The van der Waals surface area contributed by atoms with E-state index in [1.165, 1.54) is 17.9 Å². The van der Waals surface area contributed by atoms with Crippen molar-refractivity contribution in [2.24, 2.45) is 0 Å². The highest BCUT2D eigenvalue weighted by atomic mass is 32.2. The van der Waals surface area contributed by atoms with Crippen LogP contribution in [0, 0.1) is 0 Å². The lowest BCUT2D eigenvalue weighted by molar-refractivity contribution is -0.139. The van der Waals surface area contributed by atoms with Crippen LogP contribution in [0.5, 0.6) is 0 Å². The standard InChI is InChI=1S/C25H32F3N3O4S/c1-18(23(33)29-24(2,3)4)30(15-14-19-10-7-6-8-11-19)22(32)17-31(36(5,34)35)21-13-9-12-20(16-21)25(26,27)28/h6-13,16,18H,14-15,17H2,1-5H3,(H,29,33). The second kappa shape index (κ2) is 11.3. The first-order valence-corrected chi connectivity index (χ1v) is 13.1. The molecule has 11 heteroatoms. The molecule has 198 valence electrons. The molecule has 1 atom stereocenters. The van der Waals surface area contributed by atoms with E-state index in [1.807, 2.05) is 30.3 Å². The molecule has 36 heavy (non-hydrogen) atoms. The number of nitrogens with one attached hydrogen (secondary N) is 1. The zero-order valence-corrected chi connectivity index (χ0v) is 21.8. The average molecular weight is 528 g/mol. The fourth-order valence-electron chi connectivity index (χ4n) is 3.50. The largest absolute Gasteiger partial charge is 0.416 e. The summed E-state index contributed by atoms with van der Waals surface area (Å²) >= 11 is 0. The van der Waals surface area contributed by atoms with Gasteiger partial charge in [-0.1, -0.05) is 36.4 Å². The summed E-state index contributed by atoms with van der Waals surface area (Å²) in [6.45, 7) is 6.22. The minimum Gasteiger partial charge on any atom is -0.350 e. The molecule has 0 saturated heterocycles. The lowest BCUT2D eigenvalue weighted by Gasteiger charge is -2.33. The molecule has 1 unspecified atom stereocenters. The summed E-state index contributed by atoms with van der Waals surface area (Å²) in [4.78, 5) is 27.5. The lowest BCUT2D eigenvalue weighted by Crippen LogP contribution is -2.55. The fraction of sp³-hybridized carbons (Fsp3) is 0.440. The predicted molar refractivity (Wildman–Crippen MR) is 133 cm³/mol. The Bertz CT molecular complexity index is 1160. The molecule has 7 nitrogen and oxygen atoms in total. The number of hydrogen-bond donors (Lipinski definition) is 1. The highest BCUT2D eigenvalue weighted by molar-refractivity contribution is 7.92. The van der Waals surface area contributed by atoms with Gasteiger partial charge in [0.05, 0.1) is 17.5 Å². The molecule has 2 aromatic carbocycles. The number of anilines is 1. The van der Waals surface area contributed by atoms with Gasteiger partial charge in [0.2, 0.25) is 21.8 Å². The van der Waals surface area contributed by atoms with Crippen molar-refractivity contribution < 1.29 is 31.2 Å². The Morgan fingerprint density at radius 3 is 2.14 bits per heavy atom. The van der Waals surface area contributed by atoms with Crippen molar-refractivity contribution in [3.8, 4) is 0 Å². The predicted octanol–water partition coefficient (Wildman–Crippen LogP) is 3.85. The summed E-state index contributed by atoms with van der Waals surface area (Å²) in [5.41, 5.74) is -1.01. The third-order valence-electron chi connectivity index (χ3n) is 5.29. The van der Waals surface area contributed by atoms with Crippen LogP contribution in [0.3, 0.4) is 0 Å². The van der Waals surface area contributed by atoms with E-state index in [0.29, 0.717) is 16.8 Å². The number of benzene rings is 2. The molecular weight excluding hydrogens is 495 g/mol. The van der Waals surface area contributed by atoms with Gasteiger partial charge in [-0.25, -0.2) is 8.42 Å². The van der Waals surface area contributed by atoms with Crippen LogP contribution < -0.4 is 9.62 Å². The van der Waals surface area contributed by atoms with Gasteiger partial charge in [-0.2, -0.15) is 13.2 Å². The van der Waals surface area contributed by atoms with Crippen molar-refractivity contribution in [2.75, 3.05) is 23.7 Å². The maximum Gasteiger partial charge on any atom is 0.416 e. The first-order chi connectivity index (χ1) is 16.5. The lowest BCUT2D eigenvalue weighted by atomic mass is 10.1. The third-order valence-corrected chi connectivity index (χ3v) is 6.43. The van der Waals surface area contributed by atoms with E-state index in [0.717, 1.165) is 24.0 Å². The third kappa shape index (κ3) is 8.54. The molecule has 1 N–H and O–H groups in total. The summed E-state index contributed by atoms with van der Waals surface area (Å²) < 4.78 is 65.3. The highest BCUT2D eigenvalue weighted by Gasteiger charge is 2.34. The second-order valence-electron chi connectivity index (χ2n) is 9.56. The van der Waals surface area contributed by atoms with Gasteiger partial charge in [0.1, 0.15) is 12.6 Å². The molecule has 2 aromatic rings. The first kappa shape index (κ1) is 29.2. The summed E-state index contributed by atoms with van der Waals surface area (Å²) in [5, 5.41) is 2.80. The van der Waals surface area contributed by atoms with Gasteiger partial charge >= 0.3 is 6.18 Å². The molecule has 0 aliphatic carbocycles. The smallest absolute Gasteiger partial charge is 0.350 e. The average Bonchev–Trinajstić information content (AvgIpc) is 2.75. The van der Waals surface area contributed by atoms with Crippen LogP contribution in [0.2, 0.25) is 0 Å². The second-order valence-corrected chi connectivity index (χ2v) is 11.5. The number of halogens is 3. The van der Waals surface area contributed by atoms with Crippen LogP contribution in [-0.2, 0) is 32.2 Å². The van der Waals surface area contributed by atoms with Crippen molar-refractivity contribution in [3.63, 3.8) is 0 Å². The Morgan fingerprint density at radius 2 is 1.61 bits per heavy atom. The molecule has 0 saturated carbocycles. The summed E-state index contributed by atoms with van der Waals surface area (Å²) in [7, 11) is -4.13. The maximum absolute atomic E-state index is 13.4. The van der Waals surface area contributed by atoms with E-state index < -0.39 is 51.7 Å². The minimum atomic E-state index is -4.69. The number of amides is 2. The van der Waals surface area contributed by atoms with Crippen molar-refractivity contribution in [3.05, 3.63) is 65.7 Å². The molecule has 2 rings (SSSR count). The van der Waals surface area contributed by atoms with Crippen molar-refractivity contribution in [1.29, 1.82) is 0 Å². The normalized spacial score (nSPS) is 13.1. The van der Waals surface area contributed by atoms with E-state index in [2.05, 4.69) is 5.32 Å². The van der Waals surface area contributed by atoms with Crippen molar-refractivity contribution >= 4 is 27.5 Å². The molecule has 0 aliphatic heterocycles. The van der Waals surface area contributed by atoms with Gasteiger partial charge in [0.15, 0.2) is 0 Å². The van der Waals surface area contributed by atoms with Crippen molar-refractivity contribution in [1.82, 2.24) is 10.2 Å². The SMILES string of the molecule is CC(C(=O)NC(C)(C)C)N(CCc1ccccc1)C(=O)CN(c1cccc(C(F)(F)F)c1)S(C)(=O)=O. The van der Waals surface area contributed by atoms with Gasteiger partial charge in [-0.15, -0.1) is 0 Å². The van der Waals surface area contributed by atoms with Gasteiger partial charge in [0.25, 0.3) is 0 Å². The number of alkyl halides is 3. The van der Waals surface area contributed by atoms with Gasteiger partial charge in [0, 0.05) is 12.1 Å². The van der Waals surface area contributed by atoms with E-state index in [1.54, 1.807) is 20.8 Å². The summed E-state index contributed by atoms with van der Waals surface area (Å²) in [6.07, 6.45) is -3.49. The van der Waals surface area contributed by atoms with E-state index in [4.69, 9.17) is 0 Å². The quantitative estimate of drug-likeness (QED) is 0.537. The molecule has 0 radical (unpaired) electrons. The first-order valence-electron chi connectivity index (χ1n) is 11.3. The Morgan fingerprint density at radius 1 is 1.00 bits per heavy atom. The molecule has 0 aromatic heterocycles. The van der Waals surface area contributed by atoms with E-state index in [9.17, 15) is 31.2 Å². The van der Waals surface area contributed by atoms with Gasteiger partial charge < -0.3 is 10.2 Å². The van der Waals surface area contributed by atoms with Crippen LogP contribution in [0.25, 0.3) is 0 Å². The van der Waals surface area contributed by atoms with Crippen LogP contribution >= 0.6 is 0 Å². The zero-order valence-electron chi connectivity index (χ0n) is 21.0. The van der Waals surface area contributed by atoms with Crippen molar-refractivity contribution in [2.45, 2.75) is 51.9 Å². The van der Waals surface area contributed by atoms with E-state index >= 15 is 0 Å². The Hall–Kier alpha value is -3.08. The molecule has 0 spiro atoms. The number of sulfonamides is 1. The molecule has 2 amide bonds. The number of hydrogen-bond acceptors (Lipinski definition) is 4. The maximum atomic E-state index is 13.4. The fourth-order valence-corrected chi connectivity index (χ4v) is 4.34. The van der Waals surface area contributed by atoms with Crippen LogP contribution in [0.15, 0.2) is 54.6 Å². The zero-order chi connectivity index (χ0) is 27.3. The Labute approximate surface area is 210 Å². The summed E-state index contributed by atoms with van der Waals surface area (Å²) in [6, 6.07) is 12.0. The van der Waals surface area contributed by atoms with Gasteiger partial charge in [-0.3, -0.25) is 13.9 Å². The molecule has 0 heterocycles. The van der Waals surface area contributed by atoms with Crippen LogP contribution in [0.1, 0.15) is 38.8 Å². The molecule has 0 fully saturated rings. The number of carbonyl (C=O) groups excluding carboxylic acids is 2. The van der Waals surface area contributed by atoms with Crippen LogP contribution in [0.4, 0.5) is 18.9 Å². The topological polar surface area (TPSA) is 86.8 Å². The summed E-state index contributed by atoms with van der Waals surface area (Å²) in [5.74, 6) is -1.15. The van der Waals surface area contributed by atoms with Gasteiger partial charge in [-0.05, 0) is 57.9 Å². The van der Waals surface area contributed by atoms with Crippen LogP contribution in [-0.4, -0.2) is 56.1 Å². The number of nitrogens with zero attached hydrogens (tertiary/aromatic N) is 2.